The van der Waals surface area contributed by atoms with Crippen LogP contribution in [0.1, 0.15) is 88.4 Å². The average molecular weight is 631 g/mol. The molecule has 4 aliphatic carbocycles. The van der Waals surface area contributed by atoms with E-state index in [0.717, 1.165) is 25.0 Å². The minimum Gasteiger partial charge on any atom is -0.481 e. The molecule has 1 atom stereocenters. The molecule has 7 nitrogen and oxygen atoms in total. The van der Waals surface area contributed by atoms with Gasteiger partial charge >= 0.3 is 5.97 Å². The monoisotopic (exact) mass is 629 g/mol. The topological polar surface area (TPSA) is 111 Å². The lowest BCUT2D eigenvalue weighted by atomic mass is 9.57. The van der Waals surface area contributed by atoms with E-state index in [0.29, 0.717) is 57.6 Å². The number of carboxylic acids is 1. The highest BCUT2D eigenvalue weighted by molar-refractivity contribution is 6.40. The fourth-order valence-corrected chi connectivity index (χ4v) is 7.44. The van der Waals surface area contributed by atoms with Gasteiger partial charge in [0.2, 0.25) is 5.91 Å². The van der Waals surface area contributed by atoms with Crippen molar-refractivity contribution in [2.24, 2.45) is 21.7 Å². The first-order chi connectivity index (χ1) is 19.6. The first-order valence-corrected chi connectivity index (χ1v) is 15.0. The van der Waals surface area contributed by atoms with E-state index in [1.54, 1.807) is 0 Å². The molecule has 4 aliphatic rings. The van der Waals surface area contributed by atoms with Crippen LogP contribution in [0.2, 0.25) is 10.0 Å². The number of aliphatic carboxylic acids is 1. The molecule has 2 bridgehead atoms. The number of hydrogen-bond acceptors (Lipinski definition) is 5. The van der Waals surface area contributed by atoms with Crippen LogP contribution in [0.4, 0.5) is 13.2 Å². The molecule has 1 amide bonds. The molecule has 0 aromatic heterocycles. The summed E-state index contributed by atoms with van der Waals surface area (Å²) in [6, 6.07) is 1.40. The Morgan fingerprint density at radius 3 is 2.02 bits per heavy atom. The minimum atomic E-state index is -3.15. The number of carbonyl (C=O) groups is 3. The van der Waals surface area contributed by atoms with Crippen LogP contribution in [0.15, 0.2) is 17.1 Å². The number of halogens is 5. The lowest BCUT2D eigenvalue weighted by molar-refractivity contribution is -0.155. The fraction of sp³-hybridized carbons (Fsp3) is 0.633. The number of Topliss-reactive ketones (excluding diaryl/α,β-unsaturated/α-hetero) is 1. The first kappa shape index (κ1) is 32.5. The van der Waals surface area contributed by atoms with Gasteiger partial charge in [-0.3, -0.25) is 19.4 Å². The molecular weight excluding hydrogens is 594 g/mol. The number of aliphatic imine (C=N–C) groups is 1. The highest BCUT2D eigenvalue weighted by atomic mass is 35.5. The van der Waals surface area contributed by atoms with Gasteiger partial charge in [-0.05, 0) is 81.8 Å². The number of alkyl halides is 2. The van der Waals surface area contributed by atoms with Crippen LogP contribution in [-0.4, -0.2) is 64.1 Å². The first-order valence-electron chi connectivity index (χ1n) is 14.2. The number of rotatable bonds is 10. The molecule has 1 unspecified atom stereocenters. The van der Waals surface area contributed by atoms with Crippen LogP contribution in [0.25, 0.3) is 0 Å². The average Bonchev–Trinajstić information content (AvgIpc) is 2.92. The van der Waals surface area contributed by atoms with Gasteiger partial charge in [-0.15, -0.1) is 0 Å². The molecule has 0 aliphatic heterocycles. The highest BCUT2D eigenvalue weighted by Gasteiger charge is 2.53. The van der Waals surface area contributed by atoms with Crippen molar-refractivity contribution in [2.45, 2.75) is 96.1 Å². The molecule has 4 saturated carbocycles. The van der Waals surface area contributed by atoms with Crippen molar-refractivity contribution in [1.82, 2.24) is 4.90 Å². The van der Waals surface area contributed by atoms with Crippen molar-refractivity contribution in [3.05, 3.63) is 33.6 Å². The minimum absolute atomic E-state index is 0.00163. The van der Waals surface area contributed by atoms with Gasteiger partial charge in [0.1, 0.15) is 11.7 Å². The van der Waals surface area contributed by atoms with Crippen molar-refractivity contribution in [3.8, 4) is 0 Å². The van der Waals surface area contributed by atoms with Gasteiger partial charge in [0.05, 0.1) is 38.8 Å². The Labute approximate surface area is 253 Å². The van der Waals surface area contributed by atoms with Crippen LogP contribution in [0, 0.1) is 28.0 Å². The van der Waals surface area contributed by atoms with Crippen LogP contribution >= 0.6 is 23.2 Å². The Kier molecular flexibility index (Phi) is 9.48. The predicted molar refractivity (Wildman–Crippen MR) is 155 cm³/mol. The maximum atomic E-state index is 14.6. The Hall–Kier alpha value is -2.46. The normalized spacial score (nSPS) is 26.6. The molecule has 0 radical (unpaired) electrons. The Morgan fingerprint density at radius 2 is 1.57 bits per heavy atom. The van der Waals surface area contributed by atoms with Gasteiger partial charge in [-0.2, -0.15) is 0 Å². The summed E-state index contributed by atoms with van der Waals surface area (Å²) in [6.07, 6.45) is 1.82. The zero-order valence-electron chi connectivity index (χ0n) is 23.7. The van der Waals surface area contributed by atoms with E-state index >= 15 is 0 Å². The van der Waals surface area contributed by atoms with Crippen molar-refractivity contribution >= 4 is 52.8 Å². The van der Waals surface area contributed by atoms with Crippen LogP contribution in [0.3, 0.4) is 0 Å². The molecule has 1 aromatic carbocycles. The number of fused-ring (bicyclic) bond motifs is 3. The number of carbonyl (C=O) groups excluding carboxylic acids is 2. The van der Waals surface area contributed by atoms with Crippen molar-refractivity contribution in [2.75, 3.05) is 6.54 Å². The second kappa shape index (κ2) is 12.3. The van der Waals surface area contributed by atoms with E-state index in [4.69, 9.17) is 28.6 Å². The van der Waals surface area contributed by atoms with Gasteiger partial charge in [0.15, 0.2) is 5.78 Å². The van der Waals surface area contributed by atoms with Crippen molar-refractivity contribution in [1.29, 1.82) is 5.41 Å². The molecule has 0 saturated heterocycles. The Morgan fingerprint density at radius 1 is 1.05 bits per heavy atom. The predicted octanol–water partition coefficient (Wildman–Crippen LogP) is 7.26. The molecule has 42 heavy (non-hydrogen) atoms. The van der Waals surface area contributed by atoms with Crippen LogP contribution < -0.4 is 0 Å². The summed E-state index contributed by atoms with van der Waals surface area (Å²) < 4.78 is 43.0. The van der Waals surface area contributed by atoms with E-state index in [9.17, 15) is 32.7 Å². The van der Waals surface area contributed by atoms with Crippen LogP contribution in [-0.2, 0) is 9.59 Å². The maximum Gasteiger partial charge on any atom is 0.309 e. The van der Waals surface area contributed by atoms with Crippen LogP contribution in [0.5, 0.6) is 0 Å². The molecule has 12 heteroatoms. The summed E-state index contributed by atoms with van der Waals surface area (Å²) in [4.78, 5) is 45.0. The SMILES string of the molecule is CC1(C)CCC(N(CC(=O)c2c(Cl)cc(F)cc2Cl)C(=O)C(C=N)C(=NC23CCC(C(=O)O)(CC2)CC3)C(F)F)CC1. The molecule has 230 valence electrons. The maximum absolute atomic E-state index is 14.6. The molecule has 0 heterocycles. The summed E-state index contributed by atoms with van der Waals surface area (Å²) in [6.45, 7) is 3.64. The fourth-order valence-electron chi connectivity index (χ4n) is 6.77. The largest absolute Gasteiger partial charge is 0.481 e. The van der Waals surface area contributed by atoms with Gasteiger partial charge in [-0.25, -0.2) is 13.2 Å². The number of amides is 1. The van der Waals surface area contributed by atoms with Crippen molar-refractivity contribution < 1.29 is 32.7 Å². The zero-order valence-corrected chi connectivity index (χ0v) is 25.2. The Balaban J connectivity index is 1.67. The smallest absolute Gasteiger partial charge is 0.309 e. The number of hydrogen-bond donors (Lipinski definition) is 2. The zero-order chi connectivity index (χ0) is 31.0. The third-order valence-electron chi connectivity index (χ3n) is 9.63. The summed E-state index contributed by atoms with van der Waals surface area (Å²) in [5.41, 5.74) is -2.70. The van der Waals surface area contributed by atoms with E-state index in [2.05, 4.69) is 18.8 Å². The third-order valence-corrected chi connectivity index (χ3v) is 10.2. The van der Waals surface area contributed by atoms with E-state index < -0.39 is 65.1 Å². The second-order valence-corrected chi connectivity index (χ2v) is 13.6. The number of benzene rings is 1. The summed E-state index contributed by atoms with van der Waals surface area (Å²) in [5, 5.41) is 17.3. The standard InChI is InChI=1S/C30H36Cl2F3N3O4/c1-28(2)5-3-18(4-6-28)38(16-22(39)23-20(31)13-17(33)14-21(23)32)26(40)19(15-36)24(25(34)35)37-30-10-7-29(8-11-30,9-12-30)27(41)42/h13-15,18-19,25,36H,3-12,16H2,1-2H3,(H,41,42). The number of nitrogens with one attached hydrogen (secondary N) is 1. The molecule has 1 aromatic rings. The lowest BCUT2D eigenvalue weighted by Gasteiger charge is -2.49. The Bertz CT molecular complexity index is 1240. The molecule has 5 rings (SSSR count). The molecule has 0 spiro atoms. The molecule has 2 N–H and O–H groups in total. The number of carboxylic acid groups (broad SMARTS) is 1. The number of nitrogens with zero attached hydrogens (tertiary/aromatic N) is 2. The van der Waals surface area contributed by atoms with Gasteiger partial charge < -0.3 is 15.4 Å². The van der Waals surface area contributed by atoms with Gasteiger partial charge in [0.25, 0.3) is 6.43 Å². The van der Waals surface area contributed by atoms with Gasteiger partial charge in [-0.1, -0.05) is 37.0 Å². The quantitative estimate of drug-likeness (QED) is 0.209. The highest BCUT2D eigenvalue weighted by Crippen LogP contribution is 2.54. The summed E-state index contributed by atoms with van der Waals surface area (Å²) in [5.74, 6) is -4.87. The van der Waals surface area contributed by atoms with Crippen molar-refractivity contribution in [3.63, 3.8) is 0 Å². The second-order valence-electron chi connectivity index (χ2n) is 12.8. The van der Waals surface area contributed by atoms with Gasteiger partial charge in [0, 0.05) is 12.3 Å². The molecular formula is C30H36Cl2F3N3O4. The molecule has 4 fully saturated rings. The van der Waals surface area contributed by atoms with E-state index in [-0.39, 0.29) is 21.0 Å². The summed E-state index contributed by atoms with van der Waals surface area (Å²) >= 11 is 12.3. The summed E-state index contributed by atoms with van der Waals surface area (Å²) in [7, 11) is 0. The van der Waals surface area contributed by atoms with E-state index in [1.165, 1.54) is 4.90 Å². The third kappa shape index (κ3) is 6.54. The lowest BCUT2D eigenvalue weighted by Crippen LogP contribution is -2.52. The number of ketones is 1. The van der Waals surface area contributed by atoms with E-state index in [1.807, 2.05) is 0 Å².